The monoisotopic (exact) mass is 250 g/mol. The van der Waals surface area contributed by atoms with Crippen LogP contribution in [0.5, 0.6) is 5.75 Å². The van der Waals surface area contributed by atoms with E-state index < -0.39 is 0 Å². The van der Waals surface area contributed by atoms with Crippen molar-refractivity contribution in [1.29, 1.82) is 0 Å². The second-order valence-electron chi connectivity index (χ2n) is 5.19. The van der Waals surface area contributed by atoms with Crippen LogP contribution in [-0.4, -0.2) is 32.1 Å². The second kappa shape index (κ2) is 5.87. The van der Waals surface area contributed by atoms with Crippen molar-refractivity contribution in [2.45, 2.75) is 26.4 Å². The molecule has 4 nitrogen and oxygen atoms in total. The highest BCUT2D eigenvalue weighted by Gasteiger charge is 2.13. The SMILES string of the molecule is CNCC(=O)N(C)c1ccc(OC(C)(C)C)cc1. The number of benzene rings is 1. The fraction of sp³-hybridized carbons (Fsp3) is 0.500. The van der Waals surface area contributed by atoms with Crippen LogP contribution in [0.15, 0.2) is 24.3 Å². The van der Waals surface area contributed by atoms with Gasteiger partial charge in [-0.05, 0) is 52.1 Å². The van der Waals surface area contributed by atoms with E-state index in [2.05, 4.69) is 5.32 Å². The Bertz CT molecular complexity index is 393. The Morgan fingerprint density at radius 3 is 2.28 bits per heavy atom. The molecule has 1 aromatic rings. The Morgan fingerprint density at radius 2 is 1.83 bits per heavy atom. The van der Waals surface area contributed by atoms with E-state index in [1.165, 1.54) is 0 Å². The van der Waals surface area contributed by atoms with E-state index in [-0.39, 0.29) is 11.5 Å². The van der Waals surface area contributed by atoms with Crippen LogP contribution in [0.3, 0.4) is 0 Å². The Balaban J connectivity index is 2.73. The average Bonchev–Trinajstić information content (AvgIpc) is 2.27. The Kier molecular flexibility index (Phi) is 4.73. The molecule has 1 N–H and O–H groups in total. The molecule has 0 aliphatic heterocycles. The molecule has 0 radical (unpaired) electrons. The normalized spacial score (nSPS) is 11.2. The van der Waals surface area contributed by atoms with Crippen LogP contribution in [0.25, 0.3) is 0 Å². The molecule has 0 saturated carbocycles. The van der Waals surface area contributed by atoms with Crippen molar-refractivity contribution < 1.29 is 9.53 Å². The van der Waals surface area contributed by atoms with Crippen LogP contribution < -0.4 is 15.0 Å². The van der Waals surface area contributed by atoms with Gasteiger partial charge in [0.25, 0.3) is 0 Å². The molecule has 0 fully saturated rings. The lowest BCUT2D eigenvalue weighted by Crippen LogP contribution is -2.34. The molecular formula is C14H22N2O2. The summed E-state index contributed by atoms with van der Waals surface area (Å²) in [6.07, 6.45) is 0. The third-order valence-corrected chi connectivity index (χ3v) is 2.35. The average molecular weight is 250 g/mol. The third kappa shape index (κ3) is 4.37. The minimum Gasteiger partial charge on any atom is -0.488 e. The summed E-state index contributed by atoms with van der Waals surface area (Å²) in [7, 11) is 3.52. The van der Waals surface area contributed by atoms with Gasteiger partial charge in [0.1, 0.15) is 11.4 Å². The summed E-state index contributed by atoms with van der Waals surface area (Å²) in [6, 6.07) is 7.52. The van der Waals surface area contributed by atoms with Crippen LogP contribution in [0.1, 0.15) is 20.8 Å². The second-order valence-corrected chi connectivity index (χ2v) is 5.19. The Morgan fingerprint density at radius 1 is 1.28 bits per heavy atom. The molecule has 4 heteroatoms. The molecule has 0 aliphatic carbocycles. The molecule has 1 aromatic carbocycles. The minimum atomic E-state index is -0.213. The molecule has 100 valence electrons. The van der Waals surface area contributed by atoms with Gasteiger partial charge in [-0.2, -0.15) is 0 Å². The third-order valence-electron chi connectivity index (χ3n) is 2.35. The highest BCUT2D eigenvalue weighted by Crippen LogP contribution is 2.22. The van der Waals surface area contributed by atoms with Crippen molar-refractivity contribution >= 4 is 11.6 Å². The molecule has 0 aliphatic rings. The first-order chi connectivity index (χ1) is 8.33. The number of carbonyl (C=O) groups excluding carboxylic acids is 1. The number of nitrogens with zero attached hydrogens (tertiary/aromatic N) is 1. The molecular weight excluding hydrogens is 228 g/mol. The summed E-state index contributed by atoms with van der Waals surface area (Å²) in [5.74, 6) is 0.836. The Labute approximate surface area is 109 Å². The number of carbonyl (C=O) groups is 1. The largest absolute Gasteiger partial charge is 0.488 e. The van der Waals surface area contributed by atoms with E-state index in [1.807, 2.05) is 45.0 Å². The zero-order valence-electron chi connectivity index (χ0n) is 11.8. The van der Waals surface area contributed by atoms with E-state index in [0.717, 1.165) is 11.4 Å². The maximum atomic E-state index is 11.7. The number of anilines is 1. The van der Waals surface area contributed by atoms with Gasteiger partial charge in [0.2, 0.25) is 5.91 Å². The lowest BCUT2D eigenvalue weighted by Gasteiger charge is -2.22. The van der Waals surface area contributed by atoms with Crippen molar-refractivity contribution in [3.8, 4) is 5.75 Å². The predicted octanol–water partition coefficient (Wildman–Crippen LogP) is 2.05. The zero-order valence-corrected chi connectivity index (χ0v) is 11.8. The molecule has 18 heavy (non-hydrogen) atoms. The highest BCUT2D eigenvalue weighted by molar-refractivity contribution is 5.94. The number of hydrogen-bond acceptors (Lipinski definition) is 3. The standard InChI is InChI=1S/C14H22N2O2/c1-14(2,3)18-12-8-6-11(7-9-12)16(5)13(17)10-15-4/h6-9,15H,10H2,1-5H3. The zero-order chi connectivity index (χ0) is 13.8. The first-order valence-electron chi connectivity index (χ1n) is 6.04. The summed E-state index contributed by atoms with van der Waals surface area (Å²) < 4.78 is 5.73. The molecule has 0 spiro atoms. The van der Waals surface area contributed by atoms with Gasteiger partial charge in [-0.25, -0.2) is 0 Å². The van der Waals surface area contributed by atoms with E-state index in [9.17, 15) is 4.79 Å². The number of amides is 1. The van der Waals surface area contributed by atoms with Gasteiger partial charge in [0.05, 0.1) is 6.54 Å². The summed E-state index contributed by atoms with van der Waals surface area (Å²) in [5, 5.41) is 2.84. The molecule has 0 bridgehead atoms. The smallest absolute Gasteiger partial charge is 0.240 e. The van der Waals surface area contributed by atoms with Crippen molar-refractivity contribution in [2.75, 3.05) is 25.5 Å². The van der Waals surface area contributed by atoms with Crippen molar-refractivity contribution in [1.82, 2.24) is 5.32 Å². The lowest BCUT2D eigenvalue weighted by atomic mass is 10.2. The quantitative estimate of drug-likeness (QED) is 0.889. The van der Waals surface area contributed by atoms with Crippen LogP contribution in [-0.2, 0) is 4.79 Å². The maximum absolute atomic E-state index is 11.7. The number of hydrogen-bond donors (Lipinski definition) is 1. The first-order valence-corrected chi connectivity index (χ1v) is 6.04. The summed E-state index contributed by atoms with van der Waals surface area (Å²) in [5.41, 5.74) is 0.645. The fourth-order valence-corrected chi connectivity index (χ4v) is 1.51. The molecule has 0 unspecified atom stereocenters. The van der Waals surface area contributed by atoms with Gasteiger partial charge in [0, 0.05) is 12.7 Å². The van der Waals surface area contributed by atoms with Gasteiger partial charge >= 0.3 is 0 Å². The molecule has 1 amide bonds. The minimum absolute atomic E-state index is 0.0296. The van der Waals surface area contributed by atoms with Crippen LogP contribution in [0.4, 0.5) is 5.69 Å². The number of nitrogens with one attached hydrogen (secondary N) is 1. The lowest BCUT2D eigenvalue weighted by molar-refractivity contribution is -0.117. The molecule has 1 rings (SSSR count). The number of likely N-dealkylation sites (N-methyl/N-ethyl adjacent to an activating group) is 2. The maximum Gasteiger partial charge on any atom is 0.240 e. The van der Waals surface area contributed by atoms with Gasteiger partial charge in [-0.3, -0.25) is 4.79 Å². The first kappa shape index (κ1) is 14.5. The van der Waals surface area contributed by atoms with Crippen LogP contribution in [0, 0.1) is 0 Å². The van der Waals surface area contributed by atoms with Crippen molar-refractivity contribution in [2.24, 2.45) is 0 Å². The van der Waals surface area contributed by atoms with Gasteiger partial charge in [-0.15, -0.1) is 0 Å². The van der Waals surface area contributed by atoms with E-state index >= 15 is 0 Å². The van der Waals surface area contributed by atoms with Crippen molar-refractivity contribution in [3.63, 3.8) is 0 Å². The van der Waals surface area contributed by atoms with Crippen LogP contribution in [0.2, 0.25) is 0 Å². The molecule has 0 saturated heterocycles. The fourth-order valence-electron chi connectivity index (χ4n) is 1.51. The summed E-state index contributed by atoms with van der Waals surface area (Å²) in [4.78, 5) is 13.3. The highest BCUT2D eigenvalue weighted by atomic mass is 16.5. The van der Waals surface area contributed by atoms with Crippen LogP contribution >= 0.6 is 0 Å². The van der Waals surface area contributed by atoms with Crippen molar-refractivity contribution in [3.05, 3.63) is 24.3 Å². The molecule has 0 heterocycles. The van der Waals surface area contributed by atoms with E-state index in [1.54, 1.807) is 19.0 Å². The predicted molar refractivity (Wildman–Crippen MR) is 74.2 cm³/mol. The summed E-state index contributed by atoms with van der Waals surface area (Å²) >= 11 is 0. The van der Waals surface area contributed by atoms with Gasteiger partial charge in [0.15, 0.2) is 0 Å². The number of rotatable bonds is 4. The van der Waals surface area contributed by atoms with Gasteiger partial charge in [-0.1, -0.05) is 0 Å². The van der Waals surface area contributed by atoms with E-state index in [0.29, 0.717) is 6.54 Å². The topological polar surface area (TPSA) is 41.6 Å². The number of ether oxygens (including phenoxy) is 1. The Hall–Kier alpha value is -1.55. The summed E-state index contributed by atoms with van der Waals surface area (Å²) in [6.45, 7) is 6.34. The molecule has 0 atom stereocenters. The van der Waals surface area contributed by atoms with Gasteiger partial charge < -0.3 is 15.0 Å². The molecule has 0 aromatic heterocycles. The van der Waals surface area contributed by atoms with E-state index in [4.69, 9.17) is 4.74 Å².